The Labute approximate surface area is 129 Å². The number of hydrogen-bond acceptors (Lipinski definition) is 5. The van der Waals surface area contributed by atoms with Crippen molar-refractivity contribution in [2.45, 2.75) is 12.0 Å². The van der Waals surface area contributed by atoms with Crippen LogP contribution in [-0.2, 0) is 4.79 Å². The normalized spacial score (nSPS) is 26.8. The van der Waals surface area contributed by atoms with E-state index in [2.05, 4.69) is 15.3 Å². The Hall–Kier alpha value is -3.22. The van der Waals surface area contributed by atoms with Crippen LogP contribution in [0.15, 0.2) is 51.9 Å². The lowest BCUT2D eigenvalue weighted by Crippen LogP contribution is -2.25. The van der Waals surface area contributed by atoms with Crippen LogP contribution in [0.5, 0.6) is 11.8 Å². The maximum atomic E-state index is 12.3. The second kappa shape index (κ2) is 3.75. The highest BCUT2D eigenvalue weighted by atomic mass is 16.3. The number of aromatic hydroxyl groups is 2. The monoisotopic (exact) mass is 309 g/mol. The summed E-state index contributed by atoms with van der Waals surface area (Å²) in [6.45, 7) is 0. The van der Waals surface area contributed by atoms with Crippen molar-refractivity contribution < 1.29 is 20.1 Å². The Balaban J connectivity index is 1.92. The molecule has 0 bridgehead atoms. The molecule has 2 unspecified atom stereocenters. The van der Waals surface area contributed by atoms with Crippen molar-refractivity contribution >= 4 is 11.6 Å². The summed E-state index contributed by atoms with van der Waals surface area (Å²) in [5, 5.41) is 32.9. The van der Waals surface area contributed by atoms with E-state index in [4.69, 9.17) is 0 Å². The van der Waals surface area contributed by atoms with Gasteiger partial charge in [0.25, 0.3) is 0 Å². The van der Waals surface area contributed by atoms with Crippen LogP contribution >= 0.6 is 0 Å². The van der Waals surface area contributed by atoms with Gasteiger partial charge >= 0.3 is 0 Å². The van der Waals surface area contributed by atoms with E-state index in [1.807, 2.05) is 24.3 Å². The zero-order valence-corrected chi connectivity index (χ0v) is 11.7. The average molecular weight is 309 g/mol. The number of fused-ring (bicyclic) bond motifs is 7. The van der Waals surface area contributed by atoms with Crippen LogP contribution in [0.25, 0.3) is 0 Å². The van der Waals surface area contributed by atoms with Crippen LogP contribution in [0.4, 0.5) is 0 Å². The fourth-order valence-electron chi connectivity index (χ4n) is 3.76. The van der Waals surface area contributed by atoms with Gasteiger partial charge in [-0.25, -0.2) is 0 Å². The number of aliphatic hydroxyl groups is 1. The number of carbonyl (C=O) groups is 1. The number of nitrogens with one attached hydrogen (secondary N) is 2. The highest BCUT2D eigenvalue weighted by molar-refractivity contribution is 6.24. The fraction of sp³-hybridized carbons (Fsp3) is 0.125. The van der Waals surface area contributed by atoms with Gasteiger partial charge in [-0.15, -0.1) is 0 Å². The largest absolute Gasteiger partial charge is 0.494 e. The van der Waals surface area contributed by atoms with Crippen molar-refractivity contribution in [1.29, 1.82) is 0 Å². The first-order chi connectivity index (χ1) is 11.1. The lowest BCUT2D eigenvalue weighted by molar-refractivity contribution is -0.120. The molecule has 2 aliphatic carbocycles. The van der Waals surface area contributed by atoms with Crippen molar-refractivity contribution in [1.82, 2.24) is 10.3 Å². The standard InChI is InChI=1S/C16H11N3O4/c20-13-8-7-5-3-1-2-4-6(5)17-12(7)11-10(9(8)14(21)18-13)15(22)19-16(11)23/h1-4,6,9,19-20,22-23H,(H,18,21). The number of aliphatic hydroxyl groups excluding tert-OH is 1. The SMILES string of the molecule is O=C1NC(O)=C2C3=C4C=CC=CC4N=C3c3c(O)[nH]c(O)c3C12. The van der Waals surface area contributed by atoms with Crippen LogP contribution in [0.3, 0.4) is 0 Å². The van der Waals surface area contributed by atoms with E-state index in [1.165, 1.54) is 0 Å². The third-order valence-corrected chi connectivity index (χ3v) is 4.63. The Morgan fingerprint density at radius 2 is 1.96 bits per heavy atom. The number of nitrogens with zero attached hydrogens (tertiary/aromatic N) is 1. The van der Waals surface area contributed by atoms with E-state index in [1.54, 1.807) is 0 Å². The zero-order chi connectivity index (χ0) is 15.9. The smallest absolute Gasteiger partial charge is 0.239 e. The van der Waals surface area contributed by atoms with Gasteiger partial charge in [-0.1, -0.05) is 24.3 Å². The van der Waals surface area contributed by atoms with Gasteiger partial charge in [0, 0.05) is 16.7 Å². The third-order valence-electron chi connectivity index (χ3n) is 4.63. The quantitative estimate of drug-likeness (QED) is 0.491. The molecule has 0 spiro atoms. The van der Waals surface area contributed by atoms with Crippen LogP contribution in [0, 0.1) is 0 Å². The molecule has 0 fully saturated rings. The number of H-pyrrole nitrogens is 1. The molecule has 0 saturated carbocycles. The van der Waals surface area contributed by atoms with Crippen LogP contribution in [-0.4, -0.2) is 38.0 Å². The maximum Gasteiger partial charge on any atom is 0.239 e. The van der Waals surface area contributed by atoms with Crippen LogP contribution < -0.4 is 5.32 Å². The van der Waals surface area contributed by atoms with Gasteiger partial charge in [-0.2, -0.15) is 0 Å². The molecular weight excluding hydrogens is 298 g/mol. The first-order valence-electron chi connectivity index (χ1n) is 7.13. The number of allylic oxidation sites excluding steroid dienone is 3. The second-order valence-corrected chi connectivity index (χ2v) is 5.79. The van der Waals surface area contributed by atoms with Gasteiger partial charge in [0.05, 0.1) is 17.3 Å². The lowest BCUT2D eigenvalue weighted by atomic mass is 9.76. The van der Waals surface area contributed by atoms with E-state index in [-0.39, 0.29) is 29.2 Å². The summed E-state index contributed by atoms with van der Waals surface area (Å²) in [6, 6.07) is -0.232. The Morgan fingerprint density at radius 1 is 1.13 bits per heavy atom. The third kappa shape index (κ3) is 1.30. The van der Waals surface area contributed by atoms with Crippen LogP contribution in [0.1, 0.15) is 17.0 Å². The number of aromatic nitrogens is 1. The van der Waals surface area contributed by atoms with Gasteiger partial charge in [0.2, 0.25) is 11.8 Å². The summed E-state index contributed by atoms with van der Waals surface area (Å²) in [4.78, 5) is 19.3. The van der Waals surface area contributed by atoms with Crippen molar-refractivity contribution in [3.8, 4) is 11.8 Å². The number of aliphatic imine (C=N–C) groups is 1. The van der Waals surface area contributed by atoms with E-state index < -0.39 is 11.8 Å². The molecule has 4 aliphatic rings. The molecule has 7 nitrogen and oxygen atoms in total. The van der Waals surface area contributed by atoms with Crippen molar-refractivity contribution in [3.63, 3.8) is 0 Å². The molecule has 1 amide bonds. The predicted octanol–water partition coefficient (Wildman–Crippen LogP) is 1.02. The molecular formula is C16H11N3O4. The molecule has 114 valence electrons. The molecule has 0 aromatic carbocycles. The van der Waals surface area contributed by atoms with Crippen molar-refractivity contribution in [2.75, 3.05) is 0 Å². The van der Waals surface area contributed by atoms with Gasteiger partial charge in [0.1, 0.15) is 5.92 Å². The van der Waals surface area contributed by atoms with E-state index >= 15 is 0 Å². The summed E-state index contributed by atoms with van der Waals surface area (Å²) >= 11 is 0. The van der Waals surface area contributed by atoms with E-state index in [0.717, 1.165) is 5.57 Å². The molecule has 2 aliphatic heterocycles. The minimum Gasteiger partial charge on any atom is -0.494 e. The Morgan fingerprint density at radius 3 is 2.78 bits per heavy atom. The Kier molecular flexibility index (Phi) is 2.01. The molecule has 0 radical (unpaired) electrons. The zero-order valence-electron chi connectivity index (χ0n) is 11.7. The number of rotatable bonds is 0. The van der Waals surface area contributed by atoms with Gasteiger partial charge < -0.3 is 15.3 Å². The highest BCUT2D eigenvalue weighted by Gasteiger charge is 2.50. The summed E-state index contributed by atoms with van der Waals surface area (Å²) < 4.78 is 0. The first kappa shape index (κ1) is 12.3. The number of aromatic amines is 1. The average Bonchev–Trinajstić information content (AvgIpc) is 3.12. The fourth-order valence-corrected chi connectivity index (χ4v) is 3.76. The minimum absolute atomic E-state index is 0.232. The summed E-state index contributed by atoms with van der Waals surface area (Å²) in [7, 11) is 0. The van der Waals surface area contributed by atoms with E-state index in [9.17, 15) is 20.1 Å². The van der Waals surface area contributed by atoms with Gasteiger partial charge in [-0.3, -0.25) is 20.1 Å². The van der Waals surface area contributed by atoms with Gasteiger partial charge in [-0.05, 0) is 5.57 Å². The lowest BCUT2D eigenvalue weighted by Gasteiger charge is -2.22. The number of amides is 1. The minimum atomic E-state index is -0.873. The molecule has 7 heteroatoms. The summed E-state index contributed by atoms with van der Waals surface area (Å²) in [5.41, 5.74) is 2.93. The molecule has 1 aromatic rings. The number of hydrogen-bond donors (Lipinski definition) is 5. The molecule has 5 rings (SSSR count). The molecule has 3 heterocycles. The predicted molar refractivity (Wildman–Crippen MR) is 80.3 cm³/mol. The van der Waals surface area contributed by atoms with E-state index in [0.29, 0.717) is 22.4 Å². The molecule has 0 saturated heterocycles. The molecule has 1 aromatic heterocycles. The molecule has 5 N–H and O–H groups in total. The second-order valence-electron chi connectivity index (χ2n) is 5.79. The molecule has 23 heavy (non-hydrogen) atoms. The first-order valence-corrected chi connectivity index (χ1v) is 7.13. The maximum absolute atomic E-state index is 12.3. The summed E-state index contributed by atoms with van der Waals surface area (Å²) in [5.74, 6) is -2.08. The van der Waals surface area contributed by atoms with Crippen LogP contribution in [0.2, 0.25) is 0 Å². The summed E-state index contributed by atoms with van der Waals surface area (Å²) in [6.07, 6.45) is 7.51. The highest BCUT2D eigenvalue weighted by Crippen LogP contribution is 2.52. The number of carbonyl (C=O) groups excluding carboxylic acids is 1. The topological polar surface area (TPSA) is 118 Å². The van der Waals surface area contributed by atoms with Crippen molar-refractivity contribution in [3.05, 3.63) is 58.0 Å². The van der Waals surface area contributed by atoms with Gasteiger partial charge in [0.15, 0.2) is 11.8 Å². The Bertz CT molecular complexity index is 958. The van der Waals surface area contributed by atoms with Crippen molar-refractivity contribution in [2.24, 2.45) is 4.99 Å². The molecule has 2 atom stereocenters.